The van der Waals surface area contributed by atoms with Gasteiger partial charge in [0.1, 0.15) is 0 Å². The van der Waals surface area contributed by atoms with Gasteiger partial charge in [-0.3, -0.25) is 0 Å². The van der Waals surface area contributed by atoms with E-state index in [1.54, 1.807) is 0 Å². The molecular weight excluding hydrogens is 298 g/mol. The Balaban J connectivity index is 1.41. The molecule has 0 radical (unpaired) electrons. The molecule has 3 rings (SSSR count). The SMILES string of the molecule is O=C(NCCc1ccccc1)NCC1CCCN1c1ccccc1. The van der Waals surface area contributed by atoms with Gasteiger partial charge in [0.05, 0.1) is 0 Å². The number of nitrogens with one attached hydrogen (secondary N) is 2. The van der Waals surface area contributed by atoms with Gasteiger partial charge in [-0.25, -0.2) is 4.79 Å². The van der Waals surface area contributed by atoms with Gasteiger partial charge in [0.2, 0.25) is 0 Å². The second kappa shape index (κ2) is 8.39. The standard InChI is InChI=1S/C20H25N3O/c24-20(21-14-13-17-8-3-1-4-9-17)22-16-19-12-7-15-23(19)18-10-5-2-6-11-18/h1-6,8-11,19H,7,12-16H2,(H2,21,22,24). The lowest BCUT2D eigenvalue weighted by molar-refractivity contribution is 0.240. The first-order chi connectivity index (χ1) is 11.8. The zero-order chi connectivity index (χ0) is 16.6. The summed E-state index contributed by atoms with van der Waals surface area (Å²) in [5, 5.41) is 5.96. The molecule has 0 spiro atoms. The molecule has 0 aromatic heterocycles. The first kappa shape index (κ1) is 16.4. The fraction of sp³-hybridized carbons (Fsp3) is 0.350. The number of anilines is 1. The summed E-state index contributed by atoms with van der Waals surface area (Å²) < 4.78 is 0. The minimum Gasteiger partial charge on any atom is -0.367 e. The van der Waals surface area contributed by atoms with E-state index in [2.05, 4.69) is 51.9 Å². The number of benzene rings is 2. The molecule has 0 bridgehead atoms. The van der Waals surface area contributed by atoms with Gasteiger partial charge in [0, 0.05) is 31.4 Å². The van der Waals surface area contributed by atoms with Gasteiger partial charge in [-0.2, -0.15) is 0 Å². The number of carbonyl (C=O) groups excluding carboxylic acids is 1. The number of para-hydroxylation sites is 1. The Hall–Kier alpha value is -2.49. The summed E-state index contributed by atoms with van der Waals surface area (Å²) in [4.78, 5) is 14.4. The Bertz CT molecular complexity index is 630. The third-order valence-electron chi connectivity index (χ3n) is 4.51. The van der Waals surface area contributed by atoms with E-state index in [9.17, 15) is 4.79 Å². The molecular formula is C20H25N3O. The Kier molecular flexibility index (Phi) is 5.72. The highest BCUT2D eigenvalue weighted by Gasteiger charge is 2.24. The third-order valence-corrected chi connectivity index (χ3v) is 4.51. The predicted octanol–water partition coefficient (Wildman–Crippen LogP) is 3.20. The maximum atomic E-state index is 12.0. The minimum absolute atomic E-state index is 0.0779. The van der Waals surface area contributed by atoms with Gasteiger partial charge in [-0.05, 0) is 37.0 Å². The smallest absolute Gasteiger partial charge is 0.314 e. The lowest BCUT2D eigenvalue weighted by Crippen LogP contribution is -2.44. The molecule has 1 heterocycles. The molecule has 1 atom stereocenters. The topological polar surface area (TPSA) is 44.4 Å². The number of hydrogen-bond acceptors (Lipinski definition) is 2. The predicted molar refractivity (Wildman–Crippen MR) is 98.4 cm³/mol. The van der Waals surface area contributed by atoms with E-state index in [1.165, 1.54) is 17.7 Å². The van der Waals surface area contributed by atoms with Gasteiger partial charge in [-0.15, -0.1) is 0 Å². The minimum atomic E-state index is -0.0779. The number of amides is 2. The van der Waals surface area contributed by atoms with E-state index in [4.69, 9.17) is 0 Å². The number of nitrogens with zero attached hydrogens (tertiary/aromatic N) is 1. The van der Waals surface area contributed by atoms with Crippen LogP contribution in [-0.2, 0) is 6.42 Å². The van der Waals surface area contributed by atoms with Crippen LogP contribution < -0.4 is 15.5 Å². The summed E-state index contributed by atoms with van der Waals surface area (Å²) in [6.07, 6.45) is 3.16. The van der Waals surface area contributed by atoms with Crippen LogP contribution in [0, 0.1) is 0 Å². The van der Waals surface area contributed by atoms with E-state index in [-0.39, 0.29) is 6.03 Å². The highest BCUT2D eigenvalue weighted by molar-refractivity contribution is 5.73. The van der Waals surface area contributed by atoms with E-state index < -0.39 is 0 Å². The second-order valence-electron chi connectivity index (χ2n) is 6.20. The molecule has 1 aliphatic heterocycles. The van der Waals surface area contributed by atoms with Gasteiger partial charge in [0.15, 0.2) is 0 Å². The summed E-state index contributed by atoms with van der Waals surface area (Å²) in [6.45, 7) is 2.40. The number of urea groups is 1. The van der Waals surface area contributed by atoms with Gasteiger partial charge in [-0.1, -0.05) is 48.5 Å². The zero-order valence-electron chi connectivity index (χ0n) is 13.9. The Morgan fingerprint density at radius 1 is 1.00 bits per heavy atom. The van der Waals surface area contributed by atoms with Crippen LogP contribution in [0.5, 0.6) is 0 Å². The quantitative estimate of drug-likeness (QED) is 0.857. The number of rotatable bonds is 6. The first-order valence-electron chi connectivity index (χ1n) is 8.70. The highest BCUT2D eigenvalue weighted by Crippen LogP contribution is 2.24. The van der Waals surface area contributed by atoms with Crippen molar-refractivity contribution >= 4 is 11.7 Å². The lowest BCUT2D eigenvalue weighted by atomic mass is 10.1. The van der Waals surface area contributed by atoms with Crippen molar-refractivity contribution in [1.82, 2.24) is 10.6 Å². The molecule has 1 unspecified atom stereocenters. The summed E-state index contributed by atoms with van der Waals surface area (Å²) >= 11 is 0. The number of hydrogen-bond donors (Lipinski definition) is 2. The zero-order valence-corrected chi connectivity index (χ0v) is 13.9. The fourth-order valence-corrected chi connectivity index (χ4v) is 3.25. The van der Waals surface area contributed by atoms with Crippen LogP contribution in [-0.4, -0.2) is 31.7 Å². The largest absolute Gasteiger partial charge is 0.367 e. The van der Waals surface area contributed by atoms with Crippen molar-refractivity contribution in [2.45, 2.75) is 25.3 Å². The van der Waals surface area contributed by atoms with Crippen molar-refractivity contribution in [3.63, 3.8) is 0 Å². The van der Waals surface area contributed by atoms with Crippen LogP contribution in [0.1, 0.15) is 18.4 Å². The average molecular weight is 323 g/mol. The second-order valence-corrected chi connectivity index (χ2v) is 6.20. The monoisotopic (exact) mass is 323 g/mol. The molecule has 126 valence electrons. The van der Waals surface area contributed by atoms with Crippen molar-refractivity contribution in [2.24, 2.45) is 0 Å². The highest BCUT2D eigenvalue weighted by atomic mass is 16.2. The average Bonchev–Trinajstić information content (AvgIpc) is 3.10. The van der Waals surface area contributed by atoms with Crippen molar-refractivity contribution in [3.8, 4) is 0 Å². The molecule has 2 N–H and O–H groups in total. The maximum absolute atomic E-state index is 12.0. The molecule has 1 fully saturated rings. The van der Waals surface area contributed by atoms with Crippen LogP contribution >= 0.6 is 0 Å². The fourth-order valence-electron chi connectivity index (χ4n) is 3.25. The first-order valence-corrected chi connectivity index (χ1v) is 8.70. The van der Waals surface area contributed by atoms with E-state index >= 15 is 0 Å². The molecule has 4 nitrogen and oxygen atoms in total. The molecule has 4 heteroatoms. The molecule has 1 aliphatic rings. The summed E-state index contributed by atoms with van der Waals surface area (Å²) in [5.41, 5.74) is 2.48. The van der Waals surface area contributed by atoms with Crippen molar-refractivity contribution in [3.05, 3.63) is 66.2 Å². The molecule has 24 heavy (non-hydrogen) atoms. The van der Waals surface area contributed by atoms with Crippen molar-refractivity contribution in [1.29, 1.82) is 0 Å². The lowest BCUT2D eigenvalue weighted by Gasteiger charge is -2.27. The number of carbonyl (C=O) groups is 1. The third kappa shape index (κ3) is 4.51. The summed E-state index contributed by atoms with van der Waals surface area (Å²) in [7, 11) is 0. The molecule has 0 aliphatic carbocycles. The summed E-state index contributed by atoms with van der Waals surface area (Å²) in [6, 6.07) is 20.9. The van der Waals surface area contributed by atoms with Crippen LogP contribution in [0.2, 0.25) is 0 Å². The molecule has 2 aromatic carbocycles. The van der Waals surface area contributed by atoms with E-state index in [0.717, 1.165) is 19.4 Å². The van der Waals surface area contributed by atoms with Gasteiger partial charge in [0.25, 0.3) is 0 Å². The van der Waals surface area contributed by atoms with Crippen LogP contribution in [0.15, 0.2) is 60.7 Å². The van der Waals surface area contributed by atoms with Crippen LogP contribution in [0.25, 0.3) is 0 Å². The Labute approximate surface area is 143 Å². The van der Waals surface area contributed by atoms with Gasteiger partial charge < -0.3 is 15.5 Å². The van der Waals surface area contributed by atoms with Crippen molar-refractivity contribution < 1.29 is 4.79 Å². The van der Waals surface area contributed by atoms with E-state index in [1.807, 2.05) is 24.3 Å². The molecule has 2 aromatic rings. The summed E-state index contributed by atoms with van der Waals surface area (Å²) in [5.74, 6) is 0. The normalized spacial score (nSPS) is 16.8. The Morgan fingerprint density at radius 3 is 2.46 bits per heavy atom. The maximum Gasteiger partial charge on any atom is 0.314 e. The molecule has 2 amide bonds. The van der Waals surface area contributed by atoms with E-state index in [0.29, 0.717) is 19.1 Å². The molecule has 0 saturated carbocycles. The van der Waals surface area contributed by atoms with Crippen LogP contribution in [0.4, 0.5) is 10.5 Å². The van der Waals surface area contributed by atoms with Gasteiger partial charge >= 0.3 is 6.03 Å². The van der Waals surface area contributed by atoms with Crippen LogP contribution in [0.3, 0.4) is 0 Å². The Morgan fingerprint density at radius 2 is 1.71 bits per heavy atom. The molecule has 1 saturated heterocycles. The van der Waals surface area contributed by atoms with Crippen molar-refractivity contribution in [2.75, 3.05) is 24.5 Å².